The Morgan fingerprint density at radius 1 is 1.14 bits per heavy atom. The average molecular weight is 298 g/mol. The first-order valence-electron chi connectivity index (χ1n) is 7.08. The van der Waals surface area contributed by atoms with Gasteiger partial charge in [-0.2, -0.15) is 9.61 Å². The molecule has 0 saturated carbocycles. The van der Waals surface area contributed by atoms with Gasteiger partial charge < -0.3 is 15.5 Å². The van der Waals surface area contributed by atoms with Crippen molar-refractivity contribution in [2.45, 2.75) is 20.0 Å². The molecular formula is C16H18N4O2. The van der Waals surface area contributed by atoms with Crippen molar-refractivity contribution >= 4 is 11.5 Å². The van der Waals surface area contributed by atoms with E-state index in [1.54, 1.807) is 28.8 Å². The third kappa shape index (κ3) is 2.87. The first-order chi connectivity index (χ1) is 10.5. The summed E-state index contributed by atoms with van der Waals surface area (Å²) in [5.41, 5.74) is 3.29. The number of aromatic nitrogens is 3. The van der Waals surface area contributed by atoms with Gasteiger partial charge in [-0.3, -0.25) is 0 Å². The zero-order valence-corrected chi connectivity index (χ0v) is 12.5. The summed E-state index contributed by atoms with van der Waals surface area (Å²) in [6.45, 7) is 4.17. The highest BCUT2D eigenvalue weighted by molar-refractivity contribution is 5.50. The fourth-order valence-electron chi connectivity index (χ4n) is 2.36. The smallest absolute Gasteiger partial charge is 0.157 e. The normalized spacial score (nSPS) is 12.5. The van der Waals surface area contributed by atoms with Gasteiger partial charge in [0.1, 0.15) is 11.6 Å². The van der Waals surface area contributed by atoms with Crippen molar-refractivity contribution in [3.63, 3.8) is 0 Å². The predicted molar refractivity (Wildman–Crippen MR) is 84.0 cm³/mol. The number of benzene rings is 1. The maximum atomic E-state index is 10.2. The molecular weight excluding hydrogens is 280 g/mol. The Morgan fingerprint density at radius 3 is 2.59 bits per heavy atom. The van der Waals surface area contributed by atoms with Gasteiger partial charge in [0.25, 0.3) is 0 Å². The molecule has 0 aliphatic carbocycles. The van der Waals surface area contributed by atoms with E-state index in [4.69, 9.17) is 0 Å². The van der Waals surface area contributed by atoms with E-state index in [2.05, 4.69) is 15.4 Å². The van der Waals surface area contributed by atoms with Crippen LogP contribution in [0.25, 0.3) is 5.65 Å². The number of aliphatic hydroxyl groups excluding tert-OH is 1. The minimum atomic E-state index is -0.680. The molecule has 0 aliphatic rings. The summed E-state index contributed by atoms with van der Waals surface area (Å²) in [7, 11) is 0. The Bertz CT molecular complexity index is 796. The highest BCUT2D eigenvalue weighted by atomic mass is 16.3. The number of phenols is 1. The number of nitrogens with one attached hydrogen (secondary N) is 1. The van der Waals surface area contributed by atoms with Crippen LogP contribution in [-0.2, 0) is 0 Å². The quantitative estimate of drug-likeness (QED) is 0.688. The first kappa shape index (κ1) is 14.3. The van der Waals surface area contributed by atoms with Crippen LogP contribution >= 0.6 is 0 Å². The van der Waals surface area contributed by atoms with Crippen LogP contribution < -0.4 is 5.32 Å². The second-order valence-electron chi connectivity index (χ2n) is 5.33. The number of fused-ring (bicyclic) bond motifs is 1. The molecule has 0 unspecified atom stereocenters. The fourth-order valence-corrected chi connectivity index (χ4v) is 2.36. The summed E-state index contributed by atoms with van der Waals surface area (Å²) >= 11 is 0. The van der Waals surface area contributed by atoms with Crippen molar-refractivity contribution in [3.8, 4) is 5.75 Å². The van der Waals surface area contributed by atoms with Gasteiger partial charge in [-0.05, 0) is 31.5 Å². The number of phenolic OH excluding ortho intramolecular Hbond substituents is 1. The van der Waals surface area contributed by atoms with Gasteiger partial charge in [0.15, 0.2) is 5.65 Å². The first-order valence-corrected chi connectivity index (χ1v) is 7.08. The third-order valence-electron chi connectivity index (χ3n) is 3.43. The lowest BCUT2D eigenvalue weighted by atomic mass is 10.1. The monoisotopic (exact) mass is 298 g/mol. The van der Waals surface area contributed by atoms with Crippen molar-refractivity contribution in [2.24, 2.45) is 0 Å². The van der Waals surface area contributed by atoms with E-state index in [0.29, 0.717) is 6.54 Å². The van der Waals surface area contributed by atoms with Gasteiger partial charge in [0.05, 0.1) is 11.8 Å². The number of rotatable bonds is 4. The molecule has 1 aromatic carbocycles. The van der Waals surface area contributed by atoms with Gasteiger partial charge >= 0.3 is 0 Å². The van der Waals surface area contributed by atoms with Crippen molar-refractivity contribution in [1.82, 2.24) is 14.6 Å². The Labute approximate surface area is 128 Å². The molecule has 0 bridgehead atoms. The minimum Gasteiger partial charge on any atom is -0.508 e. The summed E-state index contributed by atoms with van der Waals surface area (Å²) in [6, 6.07) is 10.3. The summed E-state index contributed by atoms with van der Waals surface area (Å²) in [6.07, 6.45) is -0.680. The largest absolute Gasteiger partial charge is 0.508 e. The Morgan fingerprint density at radius 2 is 1.86 bits per heavy atom. The standard InChI is InChI=1S/C16H18N4O2/c1-10-7-15(20-16(18-10)8-11(2)19-20)17-9-14(22)12-3-5-13(21)6-4-12/h3-8,14,17,21-22H,9H2,1-2H3/t14-/m1/s1. The lowest BCUT2D eigenvalue weighted by Gasteiger charge is -2.14. The fraction of sp³-hybridized carbons (Fsp3) is 0.250. The highest BCUT2D eigenvalue weighted by Crippen LogP contribution is 2.19. The number of nitrogens with zero attached hydrogens (tertiary/aromatic N) is 3. The van der Waals surface area contributed by atoms with Gasteiger partial charge in [-0.25, -0.2) is 4.98 Å². The van der Waals surface area contributed by atoms with Crippen LogP contribution in [0, 0.1) is 13.8 Å². The molecule has 1 atom stereocenters. The Hall–Kier alpha value is -2.60. The molecule has 3 rings (SSSR count). The van der Waals surface area contributed by atoms with Crippen LogP contribution in [0.15, 0.2) is 36.4 Å². The molecule has 2 aromatic heterocycles. The van der Waals surface area contributed by atoms with E-state index in [0.717, 1.165) is 28.4 Å². The Kier molecular flexibility index (Phi) is 3.68. The van der Waals surface area contributed by atoms with Crippen molar-refractivity contribution in [1.29, 1.82) is 0 Å². The summed E-state index contributed by atoms with van der Waals surface area (Å²) < 4.78 is 1.73. The van der Waals surface area contributed by atoms with Crippen LogP contribution in [0.5, 0.6) is 5.75 Å². The van der Waals surface area contributed by atoms with Crippen LogP contribution in [0.4, 0.5) is 5.82 Å². The van der Waals surface area contributed by atoms with Gasteiger partial charge in [-0.15, -0.1) is 0 Å². The van der Waals surface area contributed by atoms with Gasteiger partial charge in [0, 0.05) is 24.4 Å². The average Bonchev–Trinajstić information content (AvgIpc) is 2.85. The minimum absolute atomic E-state index is 0.183. The molecule has 6 heteroatoms. The maximum Gasteiger partial charge on any atom is 0.157 e. The second kappa shape index (κ2) is 5.65. The maximum absolute atomic E-state index is 10.2. The number of hydrogen-bond donors (Lipinski definition) is 3. The van der Waals surface area contributed by atoms with E-state index in [-0.39, 0.29) is 5.75 Å². The topological polar surface area (TPSA) is 82.7 Å². The van der Waals surface area contributed by atoms with Gasteiger partial charge in [0.2, 0.25) is 0 Å². The van der Waals surface area contributed by atoms with E-state index in [1.165, 1.54) is 0 Å². The van der Waals surface area contributed by atoms with Crippen LogP contribution in [0.1, 0.15) is 23.1 Å². The van der Waals surface area contributed by atoms with Crippen molar-refractivity contribution < 1.29 is 10.2 Å². The molecule has 0 aliphatic heterocycles. The molecule has 0 saturated heterocycles. The number of aromatic hydroxyl groups is 1. The zero-order chi connectivity index (χ0) is 15.7. The molecule has 3 N–H and O–H groups in total. The number of aryl methyl sites for hydroxylation is 2. The Balaban J connectivity index is 1.80. The van der Waals surface area contributed by atoms with Crippen LogP contribution in [-0.4, -0.2) is 31.4 Å². The molecule has 114 valence electrons. The van der Waals surface area contributed by atoms with E-state index in [9.17, 15) is 10.2 Å². The lowest BCUT2D eigenvalue weighted by Crippen LogP contribution is -2.15. The summed E-state index contributed by atoms with van der Waals surface area (Å²) in [4.78, 5) is 4.42. The number of hydrogen-bond acceptors (Lipinski definition) is 5. The summed E-state index contributed by atoms with van der Waals surface area (Å²) in [5, 5.41) is 27.1. The molecule has 0 radical (unpaired) electrons. The van der Waals surface area contributed by atoms with E-state index < -0.39 is 6.10 Å². The zero-order valence-electron chi connectivity index (χ0n) is 12.5. The molecule has 0 amide bonds. The van der Waals surface area contributed by atoms with Crippen LogP contribution in [0.2, 0.25) is 0 Å². The molecule has 0 fully saturated rings. The van der Waals surface area contributed by atoms with Crippen molar-refractivity contribution in [2.75, 3.05) is 11.9 Å². The molecule has 6 nitrogen and oxygen atoms in total. The van der Waals surface area contributed by atoms with E-state index >= 15 is 0 Å². The number of anilines is 1. The lowest BCUT2D eigenvalue weighted by molar-refractivity contribution is 0.191. The molecule has 3 aromatic rings. The predicted octanol–water partition coefficient (Wildman–Crippen LogP) is 2.20. The summed E-state index contributed by atoms with van der Waals surface area (Å²) in [5.74, 6) is 0.968. The highest BCUT2D eigenvalue weighted by Gasteiger charge is 2.10. The van der Waals surface area contributed by atoms with E-state index in [1.807, 2.05) is 26.0 Å². The molecule has 2 heterocycles. The van der Waals surface area contributed by atoms with Crippen LogP contribution in [0.3, 0.4) is 0 Å². The molecule has 0 spiro atoms. The van der Waals surface area contributed by atoms with Crippen molar-refractivity contribution in [3.05, 3.63) is 53.3 Å². The van der Waals surface area contributed by atoms with Gasteiger partial charge in [-0.1, -0.05) is 12.1 Å². The molecule has 22 heavy (non-hydrogen) atoms. The number of aliphatic hydroxyl groups is 1. The second-order valence-corrected chi connectivity index (χ2v) is 5.33. The SMILES string of the molecule is Cc1cc(NC[C@@H](O)c2ccc(O)cc2)n2nc(C)cc2n1. The third-order valence-corrected chi connectivity index (χ3v) is 3.43.